The van der Waals surface area contributed by atoms with Gasteiger partial charge in [0.15, 0.2) is 0 Å². The van der Waals surface area contributed by atoms with Crippen LogP contribution in [0.25, 0.3) is 10.1 Å². The molecule has 2 aromatic heterocycles. The fourth-order valence-electron chi connectivity index (χ4n) is 4.54. The molecule has 1 atom stereocenters. The SMILES string of the molecule is CN(CCO)C(=O)c1sc2ccccc2c1CC1CCCCCN1Cc1cccnc1. The number of likely N-dealkylation sites (tertiary alicyclic amines) is 1. The van der Waals surface area contributed by atoms with Gasteiger partial charge in [-0.1, -0.05) is 37.1 Å². The molecule has 5 nitrogen and oxygen atoms in total. The van der Waals surface area contributed by atoms with Crippen LogP contribution in [0.1, 0.15) is 46.5 Å². The maximum Gasteiger partial charge on any atom is 0.264 e. The third-order valence-corrected chi connectivity index (χ3v) is 7.42. The van der Waals surface area contributed by atoms with E-state index < -0.39 is 0 Å². The predicted octanol–water partition coefficient (Wildman–Crippen LogP) is 4.35. The van der Waals surface area contributed by atoms with Crippen LogP contribution in [-0.4, -0.2) is 58.6 Å². The third-order valence-electron chi connectivity index (χ3n) is 6.22. The topological polar surface area (TPSA) is 56.7 Å². The molecule has 0 bridgehead atoms. The van der Waals surface area contributed by atoms with Crippen LogP contribution >= 0.6 is 11.3 Å². The van der Waals surface area contributed by atoms with E-state index in [9.17, 15) is 9.90 Å². The Morgan fingerprint density at radius 2 is 2.10 bits per heavy atom. The predicted molar refractivity (Wildman–Crippen MR) is 126 cm³/mol. The van der Waals surface area contributed by atoms with Gasteiger partial charge in [0.1, 0.15) is 0 Å². The molecule has 1 N–H and O–H groups in total. The first-order valence-electron chi connectivity index (χ1n) is 11.2. The molecule has 164 valence electrons. The standard InChI is InChI=1S/C25H31N3O2S/c1-27(14-15-29)25(30)24-22(21-10-4-5-11-23(21)31-24)16-20-9-3-2-6-13-28(20)18-19-8-7-12-26-17-19/h4-5,7-8,10-12,17,20,29H,2-3,6,9,13-16,18H2,1H3. The second-order valence-electron chi connectivity index (χ2n) is 8.40. The van der Waals surface area contributed by atoms with E-state index in [0.29, 0.717) is 12.6 Å². The van der Waals surface area contributed by atoms with Crippen LogP contribution in [0, 0.1) is 0 Å². The summed E-state index contributed by atoms with van der Waals surface area (Å²) in [4.78, 5) is 22.5. The molecule has 0 aliphatic carbocycles. The number of aliphatic hydroxyl groups excluding tert-OH is 1. The van der Waals surface area contributed by atoms with Gasteiger partial charge in [0.05, 0.1) is 11.5 Å². The van der Waals surface area contributed by atoms with Crippen molar-refractivity contribution in [1.82, 2.24) is 14.8 Å². The van der Waals surface area contributed by atoms with E-state index in [4.69, 9.17) is 0 Å². The second-order valence-corrected chi connectivity index (χ2v) is 9.45. The Bertz CT molecular complexity index is 1000. The average molecular weight is 438 g/mol. The number of hydrogen-bond donors (Lipinski definition) is 1. The van der Waals surface area contributed by atoms with Gasteiger partial charge >= 0.3 is 0 Å². The first kappa shape index (κ1) is 21.9. The summed E-state index contributed by atoms with van der Waals surface area (Å²) in [5.74, 6) is 0.0117. The number of aliphatic hydroxyl groups is 1. The van der Waals surface area contributed by atoms with Gasteiger partial charge < -0.3 is 10.0 Å². The Labute approximate surface area is 188 Å². The summed E-state index contributed by atoms with van der Waals surface area (Å²) in [6, 6.07) is 12.9. The second kappa shape index (κ2) is 10.4. The molecule has 1 fully saturated rings. The van der Waals surface area contributed by atoms with E-state index in [0.717, 1.165) is 35.5 Å². The highest BCUT2D eigenvalue weighted by Crippen LogP contribution is 2.35. The number of likely N-dealkylation sites (N-methyl/N-ethyl adjacent to an activating group) is 1. The Hall–Kier alpha value is -2.28. The van der Waals surface area contributed by atoms with E-state index in [1.807, 2.05) is 24.5 Å². The number of amides is 1. The van der Waals surface area contributed by atoms with Crippen LogP contribution in [0.3, 0.4) is 0 Å². The molecule has 0 radical (unpaired) electrons. The van der Waals surface area contributed by atoms with Crippen molar-refractivity contribution in [3.63, 3.8) is 0 Å². The van der Waals surface area contributed by atoms with Gasteiger partial charge in [-0.2, -0.15) is 0 Å². The molecule has 1 aliphatic rings. The molecular weight excluding hydrogens is 406 g/mol. The number of aromatic nitrogens is 1. The van der Waals surface area contributed by atoms with Crippen molar-refractivity contribution in [3.8, 4) is 0 Å². The molecule has 1 unspecified atom stereocenters. The zero-order valence-electron chi connectivity index (χ0n) is 18.2. The van der Waals surface area contributed by atoms with Crippen molar-refractivity contribution >= 4 is 27.3 Å². The summed E-state index contributed by atoms with van der Waals surface area (Å²) in [6.45, 7) is 2.30. The lowest BCUT2D eigenvalue weighted by molar-refractivity contribution is 0.0770. The van der Waals surface area contributed by atoms with Crippen molar-refractivity contribution in [3.05, 3.63) is 64.8 Å². The number of nitrogens with zero attached hydrogens (tertiary/aromatic N) is 3. The molecule has 1 saturated heterocycles. The summed E-state index contributed by atoms with van der Waals surface area (Å²) in [7, 11) is 1.77. The smallest absolute Gasteiger partial charge is 0.264 e. The maximum atomic E-state index is 13.2. The summed E-state index contributed by atoms with van der Waals surface area (Å²) >= 11 is 1.58. The maximum absolute atomic E-state index is 13.2. The minimum Gasteiger partial charge on any atom is -0.395 e. The molecule has 31 heavy (non-hydrogen) atoms. The Morgan fingerprint density at radius 3 is 2.90 bits per heavy atom. The Kier molecular flexibility index (Phi) is 7.33. The van der Waals surface area contributed by atoms with Gasteiger partial charge in [-0.15, -0.1) is 11.3 Å². The lowest BCUT2D eigenvalue weighted by Crippen LogP contribution is -2.36. The molecule has 1 aliphatic heterocycles. The van der Waals surface area contributed by atoms with Gasteiger partial charge in [-0.3, -0.25) is 14.7 Å². The minimum absolute atomic E-state index is 0.0117. The highest BCUT2D eigenvalue weighted by molar-refractivity contribution is 7.21. The molecule has 1 amide bonds. The molecule has 1 aromatic carbocycles. The van der Waals surface area contributed by atoms with Crippen LogP contribution in [0.4, 0.5) is 0 Å². The van der Waals surface area contributed by atoms with Crippen LogP contribution < -0.4 is 0 Å². The molecular formula is C25H31N3O2S. The molecule has 6 heteroatoms. The lowest BCUT2D eigenvalue weighted by atomic mass is 9.97. The Morgan fingerprint density at radius 1 is 1.23 bits per heavy atom. The highest BCUT2D eigenvalue weighted by Gasteiger charge is 2.27. The first-order chi connectivity index (χ1) is 15.2. The normalized spacial score (nSPS) is 17.5. The quantitative estimate of drug-likeness (QED) is 0.597. The summed E-state index contributed by atoms with van der Waals surface area (Å²) < 4.78 is 1.16. The van der Waals surface area contributed by atoms with Crippen molar-refractivity contribution in [2.24, 2.45) is 0 Å². The molecule has 0 saturated carbocycles. The summed E-state index contributed by atoms with van der Waals surface area (Å²) in [5.41, 5.74) is 2.40. The van der Waals surface area contributed by atoms with Gasteiger partial charge in [-0.25, -0.2) is 0 Å². The van der Waals surface area contributed by atoms with Gasteiger partial charge in [-0.05, 0) is 54.5 Å². The fourth-order valence-corrected chi connectivity index (χ4v) is 5.76. The van der Waals surface area contributed by atoms with Gasteiger partial charge in [0, 0.05) is 43.3 Å². The number of carbonyl (C=O) groups excluding carboxylic acids is 1. The van der Waals surface area contributed by atoms with Gasteiger partial charge in [0.25, 0.3) is 5.91 Å². The number of pyridine rings is 1. The number of hydrogen-bond acceptors (Lipinski definition) is 5. The Balaban J connectivity index is 1.66. The molecule has 0 spiro atoms. The summed E-state index contributed by atoms with van der Waals surface area (Å²) in [6.07, 6.45) is 9.50. The van der Waals surface area contributed by atoms with E-state index in [1.54, 1.807) is 23.3 Å². The van der Waals surface area contributed by atoms with Crippen molar-refractivity contribution in [2.45, 2.75) is 44.7 Å². The average Bonchev–Trinajstić information content (AvgIpc) is 3.01. The van der Waals surface area contributed by atoms with E-state index in [2.05, 4.69) is 34.1 Å². The number of rotatable bonds is 7. The monoisotopic (exact) mass is 437 g/mol. The number of benzene rings is 1. The summed E-state index contributed by atoms with van der Waals surface area (Å²) in [5, 5.41) is 10.5. The fraction of sp³-hybridized carbons (Fsp3) is 0.440. The third kappa shape index (κ3) is 5.14. The largest absolute Gasteiger partial charge is 0.395 e. The van der Waals surface area contributed by atoms with E-state index in [1.165, 1.54) is 35.8 Å². The van der Waals surface area contributed by atoms with Crippen molar-refractivity contribution in [2.75, 3.05) is 26.7 Å². The number of thiophene rings is 1. The van der Waals surface area contributed by atoms with Crippen LogP contribution in [0.15, 0.2) is 48.8 Å². The van der Waals surface area contributed by atoms with E-state index in [-0.39, 0.29) is 12.5 Å². The lowest BCUT2D eigenvalue weighted by Gasteiger charge is -2.30. The molecule has 3 aromatic rings. The minimum atomic E-state index is -0.0238. The number of fused-ring (bicyclic) bond motifs is 1. The van der Waals surface area contributed by atoms with Crippen molar-refractivity contribution < 1.29 is 9.90 Å². The van der Waals surface area contributed by atoms with Gasteiger partial charge in [0.2, 0.25) is 0 Å². The zero-order chi connectivity index (χ0) is 21.6. The highest BCUT2D eigenvalue weighted by atomic mass is 32.1. The first-order valence-corrected chi connectivity index (χ1v) is 12.0. The van der Waals surface area contributed by atoms with E-state index >= 15 is 0 Å². The van der Waals surface area contributed by atoms with Crippen molar-refractivity contribution in [1.29, 1.82) is 0 Å². The van der Waals surface area contributed by atoms with Crippen LogP contribution in [0.5, 0.6) is 0 Å². The molecule has 4 rings (SSSR count). The van der Waals surface area contributed by atoms with Crippen LogP contribution in [0.2, 0.25) is 0 Å². The van der Waals surface area contributed by atoms with Crippen LogP contribution in [-0.2, 0) is 13.0 Å². The number of carbonyl (C=O) groups is 1. The molecule has 3 heterocycles. The zero-order valence-corrected chi connectivity index (χ0v) is 19.0.